The van der Waals surface area contributed by atoms with Crippen molar-refractivity contribution in [3.63, 3.8) is 0 Å². The summed E-state index contributed by atoms with van der Waals surface area (Å²) in [5.74, 6) is 0. The summed E-state index contributed by atoms with van der Waals surface area (Å²) in [6, 6.07) is 0. The molecule has 18 heavy (non-hydrogen) atoms. The Morgan fingerprint density at radius 3 is 2.00 bits per heavy atom. The minimum absolute atomic E-state index is 0.413. The Labute approximate surface area is 109 Å². The monoisotopic (exact) mass is 294 g/mol. The molecule has 0 fully saturated rings. The zero-order valence-electron chi connectivity index (χ0n) is 11.1. The van der Waals surface area contributed by atoms with Gasteiger partial charge in [0.25, 0.3) is 9.84 Å². The average Bonchev–Trinajstić information content (AvgIpc) is 2.15. The highest BCUT2D eigenvalue weighted by Gasteiger charge is 2.50. The van der Waals surface area contributed by atoms with Gasteiger partial charge >= 0.3 is 5.04 Å². The van der Waals surface area contributed by atoms with Crippen LogP contribution in [-0.2, 0) is 20.1 Å². The molecule has 6 nitrogen and oxygen atoms in total. The predicted octanol–water partition coefficient (Wildman–Crippen LogP) is 0.926. The van der Waals surface area contributed by atoms with E-state index in [-0.39, 0.29) is 0 Å². The second-order valence-corrected chi connectivity index (χ2v) is 8.33. The molecule has 0 amide bonds. The van der Waals surface area contributed by atoms with Gasteiger partial charge in [-0.2, -0.15) is 13.2 Å². The molecule has 0 aromatic carbocycles. The Morgan fingerprint density at radius 1 is 1.28 bits per heavy atom. The summed E-state index contributed by atoms with van der Waals surface area (Å²) >= 11 is 0. The van der Waals surface area contributed by atoms with Gasteiger partial charge in [0.15, 0.2) is 0 Å². The Balaban J connectivity index is 6.13. The second kappa shape index (κ2) is 5.34. The van der Waals surface area contributed by atoms with Crippen molar-refractivity contribution in [1.29, 1.82) is 0 Å². The SMILES string of the molecule is CCC(C)(C)C(=[N+]=[N-])S(=O)(=O)C(C)(C)C=S(=O)=O. The van der Waals surface area contributed by atoms with E-state index in [0.29, 0.717) is 11.8 Å². The summed E-state index contributed by atoms with van der Waals surface area (Å²) in [6.45, 7) is 7.47. The highest BCUT2D eigenvalue weighted by atomic mass is 32.2. The van der Waals surface area contributed by atoms with Gasteiger partial charge in [-0.1, -0.05) is 6.92 Å². The van der Waals surface area contributed by atoms with E-state index in [1.807, 2.05) is 0 Å². The minimum atomic E-state index is -4.06. The van der Waals surface area contributed by atoms with Crippen molar-refractivity contribution in [3.8, 4) is 0 Å². The molecule has 0 saturated heterocycles. The Bertz CT molecular complexity index is 598. The second-order valence-electron chi connectivity index (χ2n) is 5.13. The van der Waals surface area contributed by atoms with E-state index in [9.17, 15) is 16.8 Å². The van der Waals surface area contributed by atoms with Crippen LogP contribution in [0.1, 0.15) is 41.0 Å². The van der Waals surface area contributed by atoms with Crippen molar-refractivity contribution in [3.05, 3.63) is 5.53 Å². The Kier molecular flexibility index (Phi) is 5.05. The third kappa shape index (κ3) is 3.28. The van der Waals surface area contributed by atoms with E-state index in [4.69, 9.17) is 5.53 Å². The maximum atomic E-state index is 12.3. The molecule has 0 aliphatic carbocycles. The third-order valence-electron chi connectivity index (χ3n) is 2.88. The van der Waals surface area contributed by atoms with Crippen LogP contribution in [0.2, 0.25) is 0 Å². The van der Waals surface area contributed by atoms with E-state index in [2.05, 4.69) is 4.79 Å². The number of sulfone groups is 1. The Morgan fingerprint density at radius 2 is 1.72 bits per heavy atom. The fraction of sp³-hybridized carbons (Fsp3) is 0.800. The van der Waals surface area contributed by atoms with Crippen molar-refractivity contribution >= 4 is 30.5 Å². The van der Waals surface area contributed by atoms with Gasteiger partial charge in [-0.3, -0.25) is 0 Å². The highest BCUT2D eigenvalue weighted by molar-refractivity contribution is 8.08. The fourth-order valence-corrected chi connectivity index (χ4v) is 3.93. The molecule has 0 saturated carbocycles. The first-order valence-electron chi connectivity index (χ1n) is 5.33. The topological polar surface area (TPSA) is 105 Å². The number of rotatable bonds is 4. The summed E-state index contributed by atoms with van der Waals surface area (Å²) < 4.78 is 44.3. The van der Waals surface area contributed by atoms with Crippen LogP contribution in [0.25, 0.3) is 5.53 Å². The summed E-state index contributed by atoms with van der Waals surface area (Å²) in [6.07, 6.45) is 0.433. The smallest absolute Gasteiger partial charge is 0.360 e. The number of hydrogen-bond donors (Lipinski definition) is 0. The number of nitrogens with zero attached hydrogens (tertiary/aromatic N) is 2. The van der Waals surface area contributed by atoms with Gasteiger partial charge in [0, 0.05) is 0 Å². The van der Waals surface area contributed by atoms with E-state index >= 15 is 0 Å². The molecule has 0 aromatic heterocycles. The van der Waals surface area contributed by atoms with E-state index in [0.717, 1.165) is 0 Å². The van der Waals surface area contributed by atoms with Crippen LogP contribution in [0.5, 0.6) is 0 Å². The summed E-state index contributed by atoms with van der Waals surface area (Å²) in [7, 11) is -6.68. The van der Waals surface area contributed by atoms with Gasteiger partial charge in [0.1, 0.15) is 4.75 Å². The molecule has 8 heteroatoms. The molecule has 0 aliphatic rings. The Hall–Kier alpha value is -0.980. The number of hydrogen-bond acceptors (Lipinski definition) is 4. The van der Waals surface area contributed by atoms with Crippen molar-refractivity contribution < 1.29 is 21.6 Å². The molecular weight excluding hydrogens is 276 g/mol. The lowest BCUT2D eigenvalue weighted by Crippen LogP contribution is -2.45. The van der Waals surface area contributed by atoms with E-state index in [1.165, 1.54) is 13.8 Å². The molecule has 0 spiro atoms. The van der Waals surface area contributed by atoms with Crippen molar-refractivity contribution in [2.45, 2.75) is 45.8 Å². The minimum Gasteiger partial charge on any atom is -0.360 e. The summed E-state index contributed by atoms with van der Waals surface area (Å²) in [5, 5.41) is 0.267. The van der Waals surface area contributed by atoms with Crippen LogP contribution >= 0.6 is 0 Å². The van der Waals surface area contributed by atoms with Crippen LogP contribution in [0.15, 0.2) is 0 Å². The molecule has 0 radical (unpaired) electrons. The average molecular weight is 294 g/mol. The predicted molar refractivity (Wildman–Crippen MR) is 70.7 cm³/mol. The molecule has 0 aromatic rings. The molecule has 104 valence electrons. The first-order chi connectivity index (χ1) is 7.92. The first-order valence-corrected chi connectivity index (χ1v) is 7.95. The van der Waals surface area contributed by atoms with Crippen LogP contribution in [-0.4, -0.2) is 36.8 Å². The van der Waals surface area contributed by atoms with Crippen molar-refractivity contribution in [1.82, 2.24) is 0 Å². The van der Waals surface area contributed by atoms with Crippen LogP contribution in [0, 0.1) is 5.41 Å². The molecule has 0 bridgehead atoms. The van der Waals surface area contributed by atoms with Crippen molar-refractivity contribution in [2.24, 2.45) is 5.41 Å². The van der Waals surface area contributed by atoms with Crippen LogP contribution in [0.3, 0.4) is 0 Å². The van der Waals surface area contributed by atoms with Gasteiger partial charge in [0.2, 0.25) is 10.3 Å². The van der Waals surface area contributed by atoms with Crippen molar-refractivity contribution in [2.75, 3.05) is 0 Å². The molecular formula is C10H18N2O4S2. The van der Waals surface area contributed by atoms with Gasteiger partial charge in [-0.05, 0) is 34.1 Å². The summed E-state index contributed by atoms with van der Waals surface area (Å²) in [4.78, 5) is 2.88. The summed E-state index contributed by atoms with van der Waals surface area (Å²) in [5.41, 5.74) is 8.09. The third-order valence-corrected chi connectivity index (χ3v) is 6.46. The maximum absolute atomic E-state index is 12.3. The standard InChI is InChI=1S/C10H18N2O4S2/c1-6-9(2,3)8(12-11)18(15,16)10(4,5)7-17(13)14/h7H,6H2,1-5H3. The largest absolute Gasteiger partial charge is 0.387 e. The molecule has 0 heterocycles. The molecule has 0 aliphatic heterocycles. The van der Waals surface area contributed by atoms with E-state index in [1.54, 1.807) is 20.8 Å². The first kappa shape index (κ1) is 17.0. The maximum Gasteiger partial charge on any atom is 0.387 e. The molecule has 0 N–H and O–H groups in total. The molecule has 0 unspecified atom stereocenters. The van der Waals surface area contributed by atoms with Crippen LogP contribution < -0.4 is 0 Å². The zero-order valence-corrected chi connectivity index (χ0v) is 12.8. The molecule has 0 rings (SSSR count). The lowest BCUT2D eigenvalue weighted by molar-refractivity contribution is -0.0130. The lowest BCUT2D eigenvalue weighted by Gasteiger charge is -2.23. The van der Waals surface area contributed by atoms with Gasteiger partial charge in [0.05, 0.1) is 10.8 Å². The van der Waals surface area contributed by atoms with E-state index < -0.39 is 35.3 Å². The fourth-order valence-electron chi connectivity index (χ4n) is 1.25. The normalized spacial score (nSPS) is 12.7. The van der Waals surface area contributed by atoms with Gasteiger partial charge < -0.3 is 5.53 Å². The van der Waals surface area contributed by atoms with Gasteiger partial charge in [-0.15, -0.1) is 0 Å². The van der Waals surface area contributed by atoms with Gasteiger partial charge in [-0.25, -0.2) is 8.42 Å². The quantitative estimate of drug-likeness (QED) is 0.253. The van der Waals surface area contributed by atoms with Crippen LogP contribution in [0.4, 0.5) is 0 Å². The lowest BCUT2D eigenvalue weighted by atomic mass is 9.92. The highest BCUT2D eigenvalue weighted by Crippen LogP contribution is 2.29. The zero-order chi connectivity index (χ0) is 14.8. The molecule has 0 atom stereocenters.